The van der Waals surface area contributed by atoms with Crippen LogP contribution in [0.25, 0.3) is 0 Å². The molecule has 1 heterocycles. The van der Waals surface area contributed by atoms with E-state index in [0.29, 0.717) is 27.2 Å². The van der Waals surface area contributed by atoms with Crippen molar-refractivity contribution in [1.29, 1.82) is 0 Å². The summed E-state index contributed by atoms with van der Waals surface area (Å²) in [6.45, 7) is 1.64. The number of carbonyl (C=O) groups excluding carboxylic acids is 1. The van der Waals surface area contributed by atoms with Crippen molar-refractivity contribution < 1.29 is 17.9 Å². The molecule has 31 heavy (non-hydrogen) atoms. The van der Waals surface area contributed by atoms with Crippen LogP contribution in [0.15, 0.2) is 71.6 Å². The number of benzene rings is 3. The molecule has 4 rings (SSSR count). The number of anilines is 2. The lowest BCUT2D eigenvalue weighted by Crippen LogP contribution is -2.48. The third-order valence-electron chi connectivity index (χ3n) is 4.88. The van der Waals surface area contributed by atoms with Crippen LogP contribution in [0, 0.1) is 6.92 Å². The van der Waals surface area contributed by atoms with Gasteiger partial charge in [-0.15, -0.1) is 0 Å². The third-order valence-corrected chi connectivity index (χ3v) is 7.16. The lowest BCUT2D eigenvalue weighted by atomic mass is 10.1. The summed E-state index contributed by atoms with van der Waals surface area (Å²) >= 11 is 11.9. The lowest BCUT2D eigenvalue weighted by Gasteiger charge is -2.34. The summed E-state index contributed by atoms with van der Waals surface area (Å²) < 4.78 is 33.8. The van der Waals surface area contributed by atoms with E-state index >= 15 is 0 Å². The second-order valence-corrected chi connectivity index (χ2v) is 9.75. The Bertz CT molecular complexity index is 1250. The van der Waals surface area contributed by atoms with Crippen LogP contribution in [0.4, 0.5) is 11.4 Å². The fourth-order valence-electron chi connectivity index (χ4n) is 3.28. The van der Waals surface area contributed by atoms with Crippen LogP contribution >= 0.6 is 23.2 Å². The summed E-state index contributed by atoms with van der Waals surface area (Å²) in [7, 11) is -3.95. The van der Waals surface area contributed by atoms with Crippen LogP contribution in [0.3, 0.4) is 0 Å². The molecular formula is C22H18Cl2N2O4S. The Morgan fingerprint density at radius 3 is 2.42 bits per heavy atom. The van der Waals surface area contributed by atoms with Crippen molar-refractivity contribution in [3.63, 3.8) is 0 Å². The fourth-order valence-corrected chi connectivity index (χ4v) is 5.11. The first-order valence-corrected chi connectivity index (χ1v) is 11.6. The number of carbonyl (C=O) groups is 1. The zero-order valence-corrected chi connectivity index (χ0v) is 18.7. The number of nitrogens with zero attached hydrogens (tertiary/aromatic N) is 1. The minimum absolute atomic E-state index is 0.0707. The molecule has 160 valence electrons. The molecule has 1 atom stereocenters. The quantitative estimate of drug-likeness (QED) is 0.580. The van der Waals surface area contributed by atoms with E-state index in [1.165, 1.54) is 28.6 Å². The summed E-state index contributed by atoms with van der Waals surface area (Å²) in [6.07, 6.45) is -1.05. The molecule has 9 heteroatoms. The summed E-state index contributed by atoms with van der Waals surface area (Å²) in [4.78, 5) is 13.0. The highest BCUT2D eigenvalue weighted by atomic mass is 35.5. The predicted octanol–water partition coefficient (Wildman–Crippen LogP) is 4.90. The van der Waals surface area contributed by atoms with Gasteiger partial charge in [0.2, 0.25) is 0 Å². The Balaban J connectivity index is 1.67. The smallest absolute Gasteiger partial charge is 0.267 e. The van der Waals surface area contributed by atoms with Crippen molar-refractivity contribution in [3.8, 4) is 5.75 Å². The molecule has 1 aliphatic rings. The third kappa shape index (κ3) is 4.35. The zero-order valence-electron chi connectivity index (χ0n) is 16.4. The zero-order chi connectivity index (χ0) is 22.2. The minimum atomic E-state index is -3.95. The lowest BCUT2D eigenvalue weighted by molar-refractivity contribution is -0.122. The highest BCUT2D eigenvalue weighted by Crippen LogP contribution is 2.37. The molecule has 0 radical (unpaired) electrons. The van der Waals surface area contributed by atoms with E-state index in [9.17, 15) is 13.2 Å². The average Bonchev–Trinajstić information content (AvgIpc) is 2.75. The van der Waals surface area contributed by atoms with Crippen molar-refractivity contribution in [3.05, 3.63) is 82.3 Å². The van der Waals surface area contributed by atoms with Gasteiger partial charge in [0.25, 0.3) is 15.9 Å². The SMILES string of the molecule is Cc1cc(Cl)ccc1NC(=O)C1CN(S(=O)(=O)c2ccc(Cl)cc2)c2ccccc2O1. The maximum absolute atomic E-state index is 13.4. The predicted molar refractivity (Wildman–Crippen MR) is 122 cm³/mol. The maximum atomic E-state index is 13.4. The fraction of sp³-hybridized carbons (Fsp3) is 0.136. The number of halogens is 2. The number of nitrogens with one attached hydrogen (secondary N) is 1. The number of ether oxygens (including phenoxy) is 1. The average molecular weight is 477 g/mol. The normalized spacial score (nSPS) is 15.7. The van der Waals surface area contributed by atoms with Crippen molar-refractivity contribution in [2.45, 2.75) is 17.9 Å². The summed E-state index contributed by atoms with van der Waals surface area (Å²) in [6, 6.07) is 17.7. The number of para-hydroxylation sites is 2. The van der Waals surface area contributed by atoms with E-state index < -0.39 is 22.0 Å². The van der Waals surface area contributed by atoms with Gasteiger partial charge in [-0.3, -0.25) is 9.10 Å². The maximum Gasteiger partial charge on any atom is 0.267 e. The summed E-state index contributed by atoms with van der Waals surface area (Å²) in [5.74, 6) is -0.157. The monoisotopic (exact) mass is 476 g/mol. The first-order chi connectivity index (χ1) is 14.8. The number of amides is 1. The topological polar surface area (TPSA) is 75.7 Å². The van der Waals surface area contributed by atoms with Crippen molar-refractivity contribution in [1.82, 2.24) is 0 Å². The largest absolute Gasteiger partial charge is 0.476 e. The van der Waals surface area contributed by atoms with E-state index in [-0.39, 0.29) is 11.4 Å². The van der Waals surface area contributed by atoms with Crippen molar-refractivity contribution in [2.75, 3.05) is 16.2 Å². The number of aryl methyl sites for hydroxylation is 1. The number of hydrogen-bond donors (Lipinski definition) is 1. The van der Waals surface area contributed by atoms with Gasteiger partial charge in [0.05, 0.1) is 17.1 Å². The highest BCUT2D eigenvalue weighted by molar-refractivity contribution is 7.92. The van der Waals surface area contributed by atoms with Gasteiger partial charge in [0.15, 0.2) is 6.10 Å². The molecule has 6 nitrogen and oxygen atoms in total. The number of hydrogen-bond acceptors (Lipinski definition) is 4. The highest BCUT2D eigenvalue weighted by Gasteiger charge is 2.37. The Morgan fingerprint density at radius 2 is 1.71 bits per heavy atom. The first-order valence-electron chi connectivity index (χ1n) is 9.37. The van der Waals surface area contributed by atoms with Gasteiger partial charge in [0, 0.05) is 15.7 Å². The molecule has 0 aromatic heterocycles. The molecule has 3 aromatic rings. The second-order valence-electron chi connectivity index (χ2n) is 7.01. The van der Waals surface area contributed by atoms with Crippen LogP contribution in [-0.4, -0.2) is 27.0 Å². The molecule has 1 unspecified atom stereocenters. The van der Waals surface area contributed by atoms with E-state index in [1.807, 2.05) is 6.92 Å². The molecule has 1 N–H and O–H groups in total. The van der Waals surface area contributed by atoms with Crippen LogP contribution < -0.4 is 14.4 Å². The van der Waals surface area contributed by atoms with Crippen LogP contribution in [0.2, 0.25) is 10.0 Å². The number of fused-ring (bicyclic) bond motifs is 1. The summed E-state index contributed by atoms with van der Waals surface area (Å²) in [5.41, 5.74) is 1.72. The van der Waals surface area contributed by atoms with Crippen LogP contribution in [-0.2, 0) is 14.8 Å². The van der Waals surface area contributed by atoms with Gasteiger partial charge in [-0.1, -0.05) is 35.3 Å². The second kappa shape index (κ2) is 8.42. The Morgan fingerprint density at radius 1 is 1.03 bits per heavy atom. The first kappa shape index (κ1) is 21.5. The van der Waals surface area contributed by atoms with E-state index in [1.54, 1.807) is 42.5 Å². The molecule has 1 amide bonds. The van der Waals surface area contributed by atoms with Gasteiger partial charge in [0.1, 0.15) is 5.75 Å². The Labute approximate surface area is 190 Å². The Kier molecular flexibility index (Phi) is 5.83. The van der Waals surface area contributed by atoms with E-state index in [0.717, 1.165) is 5.56 Å². The molecule has 0 saturated heterocycles. The number of rotatable bonds is 4. The van der Waals surface area contributed by atoms with Gasteiger partial charge < -0.3 is 10.1 Å². The van der Waals surface area contributed by atoms with Crippen molar-refractivity contribution in [2.24, 2.45) is 0 Å². The van der Waals surface area contributed by atoms with Gasteiger partial charge in [-0.2, -0.15) is 0 Å². The minimum Gasteiger partial charge on any atom is -0.476 e. The van der Waals surface area contributed by atoms with E-state index in [2.05, 4.69) is 5.32 Å². The van der Waals surface area contributed by atoms with Gasteiger partial charge in [-0.25, -0.2) is 8.42 Å². The number of sulfonamides is 1. The van der Waals surface area contributed by atoms with Gasteiger partial charge in [-0.05, 0) is 67.1 Å². The van der Waals surface area contributed by atoms with Gasteiger partial charge >= 0.3 is 0 Å². The molecule has 0 aliphatic carbocycles. The van der Waals surface area contributed by atoms with E-state index in [4.69, 9.17) is 27.9 Å². The summed E-state index contributed by atoms with van der Waals surface area (Å²) in [5, 5.41) is 3.78. The molecule has 3 aromatic carbocycles. The molecular weight excluding hydrogens is 459 g/mol. The molecule has 0 bridgehead atoms. The molecule has 0 fully saturated rings. The standard InChI is InChI=1S/C22H18Cl2N2O4S/c1-14-12-16(24)8-11-18(14)25-22(27)21-13-26(19-4-2-3-5-20(19)30-21)31(28,29)17-9-6-15(23)7-10-17/h2-12,21H,13H2,1H3,(H,25,27). The Hall–Kier alpha value is -2.74. The molecule has 0 spiro atoms. The van der Waals surface area contributed by atoms with Crippen LogP contribution in [0.1, 0.15) is 5.56 Å². The van der Waals surface area contributed by atoms with Crippen LogP contribution in [0.5, 0.6) is 5.75 Å². The van der Waals surface area contributed by atoms with Crippen molar-refractivity contribution >= 4 is 50.5 Å². The molecule has 0 saturated carbocycles. The molecule has 1 aliphatic heterocycles.